The van der Waals surface area contributed by atoms with Gasteiger partial charge in [-0.3, -0.25) is 4.99 Å². The number of guanidine groups is 1. The van der Waals surface area contributed by atoms with E-state index in [0.717, 1.165) is 31.1 Å². The summed E-state index contributed by atoms with van der Waals surface area (Å²) in [6.07, 6.45) is 5.19. The summed E-state index contributed by atoms with van der Waals surface area (Å²) >= 11 is 0. The molecule has 6 heteroatoms. The fourth-order valence-corrected chi connectivity index (χ4v) is 3.39. The highest BCUT2D eigenvalue weighted by Crippen LogP contribution is 2.34. The van der Waals surface area contributed by atoms with Gasteiger partial charge in [0.2, 0.25) is 0 Å². The first kappa shape index (κ1) is 18.3. The molecule has 2 saturated heterocycles. The molecule has 3 unspecified atom stereocenters. The molecule has 0 radical (unpaired) electrons. The Labute approximate surface area is 155 Å². The van der Waals surface area contributed by atoms with E-state index in [1.807, 2.05) is 25.2 Å². The Morgan fingerprint density at radius 1 is 1.35 bits per heavy atom. The molecule has 2 bridgehead atoms. The molecule has 0 aromatic heterocycles. The van der Waals surface area contributed by atoms with E-state index < -0.39 is 0 Å². The van der Waals surface area contributed by atoms with Gasteiger partial charge in [0, 0.05) is 13.6 Å². The molecule has 3 rings (SSSR count). The predicted octanol–water partition coefficient (Wildman–Crippen LogP) is 2.34. The minimum Gasteiger partial charge on any atom is -0.496 e. The highest BCUT2D eigenvalue weighted by molar-refractivity contribution is 14.0. The van der Waals surface area contributed by atoms with Gasteiger partial charge in [0.15, 0.2) is 5.96 Å². The third kappa shape index (κ3) is 4.50. The van der Waals surface area contributed by atoms with Crippen molar-refractivity contribution < 1.29 is 9.47 Å². The van der Waals surface area contributed by atoms with Crippen LogP contribution in [0.2, 0.25) is 0 Å². The van der Waals surface area contributed by atoms with Gasteiger partial charge in [-0.05, 0) is 37.3 Å². The summed E-state index contributed by atoms with van der Waals surface area (Å²) in [6.45, 7) is 0.821. The topological polar surface area (TPSA) is 54.9 Å². The maximum atomic E-state index is 5.87. The van der Waals surface area contributed by atoms with E-state index in [9.17, 15) is 0 Å². The van der Waals surface area contributed by atoms with Gasteiger partial charge in [0.25, 0.3) is 0 Å². The van der Waals surface area contributed by atoms with E-state index in [4.69, 9.17) is 9.47 Å². The molecule has 3 atom stereocenters. The monoisotopic (exact) mass is 431 g/mol. The van der Waals surface area contributed by atoms with Crippen LogP contribution in [-0.2, 0) is 11.2 Å². The lowest BCUT2D eigenvalue weighted by molar-refractivity contribution is 0.0992. The van der Waals surface area contributed by atoms with Gasteiger partial charge in [0.1, 0.15) is 5.75 Å². The molecular formula is C17H26IN3O2. The summed E-state index contributed by atoms with van der Waals surface area (Å²) in [5.74, 6) is 1.80. The van der Waals surface area contributed by atoms with Crippen LogP contribution in [-0.4, -0.2) is 44.9 Å². The minimum atomic E-state index is 0. The summed E-state index contributed by atoms with van der Waals surface area (Å²) in [6, 6.07) is 8.52. The van der Waals surface area contributed by atoms with Crippen LogP contribution in [0.15, 0.2) is 29.3 Å². The second-order valence-corrected chi connectivity index (χ2v) is 5.92. The van der Waals surface area contributed by atoms with E-state index in [-0.39, 0.29) is 24.0 Å². The number of benzene rings is 1. The van der Waals surface area contributed by atoms with Crippen molar-refractivity contribution in [2.45, 2.75) is 43.9 Å². The molecule has 0 amide bonds. The van der Waals surface area contributed by atoms with Gasteiger partial charge < -0.3 is 20.1 Å². The third-order valence-corrected chi connectivity index (χ3v) is 4.53. The van der Waals surface area contributed by atoms with E-state index in [0.29, 0.717) is 18.2 Å². The smallest absolute Gasteiger partial charge is 0.191 e. The number of methoxy groups -OCH3 is 1. The fraction of sp³-hybridized carbons (Fsp3) is 0.588. The van der Waals surface area contributed by atoms with Crippen molar-refractivity contribution in [2.24, 2.45) is 4.99 Å². The normalized spacial score (nSPS) is 25.8. The summed E-state index contributed by atoms with van der Waals surface area (Å²) < 4.78 is 11.3. The lowest BCUT2D eigenvalue weighted by atomic mass is 9.96. The van der Waals surface area contributed by atoms with Crippen molar-refractivity contribution in [1.82, 2.24) is 10.6 Å². The largest absolute Gasteiger partial charge is 0.496 e. The van der Waals surface area contributed by atoms with Crippen molar-refractivity contribution in [3.8, 4) is 5.75 Å². The fourth-order valence-electron chi connectivity index (χ4n) is 3.39. The summed E-state index contributed by atoms with van der Waals surface area (Å²) in [7, 11) is 3.52. The van der Waals surface area contributed by atoms with Crippen LogP contribution in [0.4, 0.5) is 0 Å². The van der Waals surface area contributed by atoms with Crippen LogP contribution in [0.5, 0.6) is 5.75 Å². The van der Waals surface area contributed by atoms with Crippen LogP contribution in [0.25, 0.3) is 0 Å². The molecule has 1 aromatic carbocycles. The van der Waals surface area contributed by atoms with Crippen molar-refractivity contribution in [3.63, 3.8) is 0 Å². The Morgan fingerprint density at radius 2 is 2.17 bits per heavy atom. The molecule has 0 spiro atoms. The Hall–Kier alpha value is -1.02. The molecule has 0 aliphatic carbocycles. The van der Waals surface area contributed by atoms with Crippen LogP contribution in [0.1, 0.15) is 24.8 Å². The first-order chi connectivity index (χ1) is 10.8. The zero-order valence-electron chi connectivity index (χ0n) is 13.7. The zero-order valence-corrected chi connectivity index (χ0v) is 16.1. The maximum absolute atomic E-state index is 5.87. The molecule has 0 saturated carbocycles. The molecule has 2 heterocycles. The number of hydrogen-bond donors (Lipinski definition) is 2. The van der Waals surface area contributed by atoms with Crippen molar-refractivity contribution in [2.75, 3.05) is 20.7 Å². The van der Waals surface area contributed by atoms with Crippen LogP contribution in [0, 0.1) is 0 Å². The zero-order chi connectivity index (χ0) is 15.4. The number of hydrogen-bond acceptors (Lipinski definition) is 3. The lowest BCUT2D eigenvalue weighted by Gasteiger charge is -2.22. The van der Waals surface area contributed by atoms with Gasteiger partial charge in [-0.1, -0.05) is 18.2 Å². The number of rotatable bonds is 5. The third-order valence-electron chi connectivity index (χ3n) is 4.53. The minimum absolute atomic E-state index is 0. The van der Waals surface area contributed by atoms with Gasteiger partial charge in [0.05, 0.1) is 25.4 Å². The molecule has 5 nitrogen and oxygen atoms in total. The van der Waals surface area contributed by atoms with E-state index >= 15 is 0 Å². The number of halogens is 1. The molecule has 128 valence electrons. The van der Waals surface area contributed by atoms with Crippen LogP contribution >= 0.6 is 24.0 Å². The molecule has 2 aliphatic heterocycles. The van der Waals surface area contributed by atoms with E-state index in [1.165, 1.54) is 18.4 Å². The average Bonchev–Trinajstić information content (AvgIpc) is 3.17. The summed E-state index contributed by atoms with van der Waals surface area (Å²) in [5, 5.41) is 6.88. The highest BCUT2D eigenvalue weighted by atomic mass is 127. The lowest BCUT2D eigenvalue weighted by Crippen LogP contribution is -2.47. The van der Waals surface area contributed by atoms with Crippen molar-refractivity contribution in [1.29, 1.82) is 0 Å². The molecular weight excluding hydrogens is 405 g/mol. The maximum Gasteiger partial charge on any atom is 0.191 e. The number of para-hydroxylation sites is 1. The molecule has 2 fully saturated rings. The van der Waals surface area contributed by atoms with Crippen molar-refractivity contribution >= 4 is 29.9 Å². The van der Waals surface area contributed by atoms with E-state index in [2.05, 4.69) is 21.7 Å². The SMILES string of the molecule is CN=C(NCCc1ccccc1OC)NC1CC2CCC1O2.I. The van der Waals surface area contributed by atoms with Gasteiger partial charge in [-0.15, -0.1) is 24.0 Å². The average molecular weight is 431 g/mol. The summed E-state index contributed by atoms with van der Waals surface area (Å²) in [4.78, 5) is 4.32. The van der Waals surface area contributed by atoms with Gasteiger partial charge in [-0.2, -0.15) is 0 Å². The van der Waals surface area contributed by atoms with Gasteiger partial charge in [-0.25, -0.2) is 0 Å². The molecule has 2 N–H and O–H groups in total. The number of ether oxygens (including phenoxy) is 2. The van der Waals surface area contributed by atoms with Crippen LogP contribution in [0.3, 0.4) is 0 Å². The predicted molar refractivity (Wildman–Crippen MR) is 103 cm³/mol. The molecule has 23 heavy (non-hydrogen) atoms. The van der Waals surface area contributed by atoms with Gasteiger partial charge >= 0.3 is 0 Å². The Morgan fingerprint density at radius 3 is 2.83 bits per heavy atom. The first-order valence-corrected chi connectivity index (χ1v) is 8.04. The molecule has 1 aromatic rings. The number of aliphatic imine (C=N–C) groups is 1. The number of fused-ring (bicyclic) bond motifs is 2. The first-order valence-electron chi connectivity index (χ1n) is 8.04. The standard InChI is InChI=1S/C17H25N3O2.HI/c1-18-17(20-14-11-13-7-8-16(14)22-13)19-10-9-12-5-3-4-6-15(12)21-2;/h3-6,13-14,16H,7-11H2,1-2H3,(H2,18,19,20);1H. The second-order valence-electron chi connectivity index (χ2n) is 5.92. The highest BCUT2D eigenvalue weighted by Gasteiger charge is 2.41. The number of nitrogens with zero attached hydrogens (tertiary/aromatic N) is 1. The number of nitrogens with one attached hydrogen (secondary N) is 2. The summed E-state index contributed by atoms with van der Waals surface area (Å²) in [5.41, 5.74) is 1.20. The molecule has 2 aliphatic rings. The Bertz CT molecular complexity index is 538. The Kier molecular flexibility index (Phi) is 6.95. The second kappa shape index (κ2) is 8.73. The van der Waals surface area contributed by atoms with Crippen molar-refractivity contribution in [3.05, 3.63) is 29.8 Å². The quantitative estimate of drug-likeness (QED) is 0.427. The van der Waals surface area contributed by atoms with Crippen LogP contribution < -0.4 is 15.4 Å². The van der Waals surface area contributed by atoms with E-state index in [1.54, 1.807) is 7.11 Å². The Balaban J connectivity index is 0.00000192.